The van der Waals surface area contributed by atoms with Gasteiger partial charge in [-0.2, -0.15) is 0 Å². The molecule has 2 N–H and O–H groups in total. The predicted octanol–water partition coefficient (Wildman–Crippen LogP) is 2.81. The number of halogens is 1. The van der Waals surface area contributed by atoms with Crippen LogP contribution < -0.4 is 5.56 Å². The number of benzene rings is 1. The summed E-state index contributed by atoms with van der Waals surface area (Å²) in [6, 6.07) is 3.25. The molecule has 0 fully saturated rings. The van der Waals surface area contributed by atoms with Gasteiger partial charge in [0, 0.05) is 28.1 Å². The van der Waals surface area contributed by atoms with Crippen molar-refractivity contribution in [2.75, 3.05) is 0 Å². The van der Waals surface area contributed by atoms with E-state index >= 15 is 0 Å². The third kappa shape index (κ3) is 2.31. The second-order valence-electron chi connectivity index (χ2n) is 8.88. The van der Waals surface area contributed by atoms with Crippen LogP contribution in [0, 0.1) is 12.7 Å². The first-order valence-electron chi connectivity index (χ1n) is 10.8. The van der Waals surface area contributed by atoms with Gasteiger partial charge >= 0.3 is 0 Å². The van der Waals surface area contributed by atoms with Crippen molar-refractivity contribution >= 4 is 10.9 Å². The molecule has 1 aliphatic carbocycles. The van der Waals surface area contributed by atoms with Crippen LogP contribution in [0.5, 0.6) is 0 Å². The van der Waals surface area contributed by atoms with Crippen molar-refractivity contribution in [3.05, 3.63) is 61.7 Å². The molecule has 3 aliphatic rings. The molecule has 2 aliphatic heterocycles. The summed E-state index contributed by atoms with van der Waals surface area (Å²) < 4.78 is 21.6. The highest BCUT2D eigenvalue weighted by Gasteiger charge is 2.44. The van der Waals surface area contributed by atoms with Crippen LogP contribution in [0.25, 0.3) is 22.3 Å². The van der Waals surface area contributed by atoms with Crippen molar-refractivity contribution in [3.63, 3.8) is 0 Å². The molecule has 1 aromatic carbocycles. The molecule has 3 aromatic rings. The van der Waals surface area contributed by atoms with Crippen molar-refractivity contribution < 1.29 is 19.3 Å². The molecule has 6 nitrogen and oxygen atoms in total. The van der Waals surface area contributed by atoms with Gasteiger partial charge in [0.2, 0.25) is 0 Å². The zero-order valence-corrected chi connectivity index (χ0v) is 17.5. The smallest absolute Gasteiger partial charge is 0.257 e. The van der Waals surface area contributed by atoms with Gasteiger partial charge in [-0.15, -0.1) is 0 Å². The molecule has 1 unspecified atom stereocenters. The maximum Gasteiger partial charge on any atom is 0.257 e. The minimum atomic E-state index is -1.66. The molecule has 0 radical (unpaired) electrons. The number of aryl methyl sites for hydroxylation is 2. The monoisotopic (exact) mass is 422 g/mol. The van der Waals surface area contributed by atoms with E-state index in [-0.39, 0.29) is 24.4 Å². The third-order valence-electron chi connectivity index (χ3n) is 7.43. The molecular formula is C24H23FN2O4. The quantitative estimate of drug-likeness (QED) is 0.493. The summed E-state index contributed by atoms with van der Waals surface area (Å²) in [7, 11) is 0. The van der Waals surface area contributed by atoms with Crippen molar-refractivity contribution in [2.24, 2.45) is 0 Å². The number of aromatic nitrogens is 2. The molecule has 0 bridgehead atoms. The fourth-order valence-corrected chi connectivity index (χ4v) is 5.63. The van der Waals surface area contributed by atoms with Gasteiger partial charge in [-0.3, -0.25) is 4.79 Å². The van der Waals surface area contributed by atoms with Crippen molar-refractivity contribution in [3.8, 4) is 11.4 Å². The number of aliphatic hydroxyl groups is 2. The Morgan fingerprint density at radius 3 is 2.81 bits per heavy atom. The predicted molar refractivity (Wildman–Crippen MR) is 112 cm³/mol. The molecule has 0 amide bonds. The van der Waals surface area contributed by atoms with E-state index in [0.29, 0.717) is 40.1 Å². The largest absolute Gasteiger partial charge is 0.380 e. The Bertz CT molecular complexity index is 1360. The van der Waals surface area contributed by atoms with Gasteiger partial charge in [0.25, 0.3) is 5.56 Å². The van der Waals surface area contributed by atoms with Gasteiger partial charge in [-0.25, -0.2) is 9.37 Å². The molecule has 160 valence electrons. The molecule has 7 heteroatoms. The van der Waals surface area contributed by atoms with E-state index in [4.69, 9.17) is 9.72 Å². The second-order valence-corrected chi connectivity index (χ2v) is 8.88. The fraction of sp³-hybridized carbons (Fsp3) is 0.417. The van der Waals surface area contributed by atoms with Crippen LogP contribution in [0.3, 0.4) is 0 Å². The van der Waals surface area contributed by atoms with Crippen LogP contribution in [0.2, 0.25) is 0 Å². The Labute approximate surface area is 177 Å². The van der Waals surface area contributed by atoms with E-state index in [0.717, 1.165) is 41.3 Å². The molecule has 2 aromatic heterocycles. The second kappa shape index (κ2) is 6.22. The summed E-state index contributed by atoms with van der Waals surface area (Å²) in [6.07, 6.45) is 1.41. The summed E-state index contributed by atoms with van der Waals surface area (Å²) in [5.74, 6) is -0.260. The van der Waals surface area contributed by atoms with Gasteiger partial charge in [0.1, 0.15) is 11.4 Å². The van der Waals surface area contributed by atoms with E-state index < -0.39 is 11.9 Å². The van der Waals surface area contributed by atoms with Crippen LogP contribution in [0.4, 0.5) is 4.39 Å². The molecule has 0 saturated carbocycles. The summed E-state index contributed by atoms with van der Waals surface area (Å²) in [5.41, 5.74) is 4.58. The van der Waals surface area contributed by atoms with Crippen LogP contribution in [0.15, 0.2) is 16.9 Å². The van der Waals surface area contributed by atoms with Gasteiger partial charge in [-0.05, 0) is 55.4 Å². The zero-order valence-electron chi connectivity index (χ0n) is 17.5. The van der Waals surface area contributed by atoms with E-state index in [1.807, 2.05) is 6.92 Å². The number of nitrogens with zero attached hydrogens (tertiary/aromatic N) is 2. The number of rotatable bonds is 1. The van der Waals surface area contributed by atoms with Crippen molar-refractivity contribution in [1.29, 1.82) is 0 Å². The normalized spacial score (nSPS) is 23.6. The van der Waals surface area contributed by atoms with Crippen molar-refractivity contribution in [2.45, 2.75) is 64.6 Å². The van der Waals surface area contributed by atoms with Gasteiger partial charge in [0.15, 0.2) is 6.29 Å². The fourth-order valence-electron chi connectivity index (χ4n) is 5.63. The Morgan fingerprint density at radius 2 is 2.03 bits per heavy atom. The molecular weight excluding hydrogens is 399 g/mol. The number of hydrogen-bond acceptors (Lipinski definition) is 5. The van der Waals surface area contributed by atoms with E-state index in [1.165, 1.54) is 6.07 Å². The van der Waals surface area contributed by atoms with Gasteiger partial charge < -0.3 is 19.5 Å². The first-order chi connectivity index (χ1) is 14.8. The highest BCUT2D eigenvalue weighted by atomic mass is 19.1. The average Bonchev–Trinajstić information content (AvgIpc) is 3.14. The van der Waals surface area contributed by atoms with E-state index in [9.17, 15) is 19.4 Å². The van der Waals surface area contributed by atoms with Gasteiger partial charge in [-0.1, -0.05) is 6.92 Å². The number of pyridine rings is 2. The van der Waals surface area contributed by atoms with Crippen LogP contribution in [0.1, 0.15) is 53.1 Å². The minimum absolute atomic E-state index is 0.0505. The SMILES string of the molecule is CC[C@]1(O)c2cc3n(c(=O)c2COC1O)Cc1c-3nc2cc(F)c(C)c3c2c1CCC3. The lowest BCUT2D eigenvalue weighted by Crippen LogP contribution is -2.47. The Balaban J connectivity index is 1.68. The maximum atomic E-state index is 14.6. The Hall–Kier alpha value is -2.61. The molecule has 0 saturated heterocycles. The first-order valence-corrected chi connectivity index (χ1v) is 10.8. The summed E-state index contributed by atoms with van der Waals surface area (Å²) in [6.45, 7) is 3.91. The van der Waals surface area contributed by atoms with E-state index in [1.54, 1.807) is 17.6 Å². The molecule has 4 heterocycles. The number of aliphatic hydroxyl groups excluding tert-OH is 1. The molecule has 2 atom stereocenters. The standard InChI is InChI=1S/C24H23FN2O4/c1-3-24(30)16-7-19-21-14(9-27(19)22(28)15(16)10-31-23(24)29)13-6-4-5-12-11(2)17(25)8-18(26-21)20(12)13/h7-8,23,29-30H,3-6,9-10H2,1-2H3/t23?,24-/m0/s1. The minimum Gasteiger partial charge on any atom is -0.380 e. The summed E-state index contributed by atoms with van der Waals surface area (Å²) >= 11 is 0. The first kappa shape index (κ1) is 19.1. The topological polar surface area (TPSA) is 84.6 Å². The average molecular weight is 422 g/mol. The van der Waals surface area contributed by atoms with Crippen LogP contribution >= 0.6 is 0 Å². The third-order valence-corrected chi connectivity index (χ3v) is 7.43. The number of fused-ring (bicyclic) bond motifs is 5. The zero-order chi connectivity index (χ0) is 21.7. The Kier molecular flexibility index (Phi) is 3.83. The van der Waals surface area contributed by atoms with Crippen LogP contribution in [-0.2, 0) is 36.3 Å². The summed E-state index contributed by atoms with van der Waals surface area (Å²) in [5, 5.41) is 22.4. The highest BCUT2D eigenvalue weighted by molar-refractivity contribution is 5.92. The molecule has 0 spiro atoms. The van der Waals surface area contributed by atoms with Gasteiger partial charge in [0.05, 0.1) is 30.1 Å². The van der Waals surface area contributed by atoms with Crippen LogP contribution in [-0.4, -0.2) is 26.1 Å². The lowest BCUT2D eigenvalue weighted by atomic mass is 9.84. The summed E-state index contributed by atoms with van der Waals surface area (Å²) in [4.78, 5) is 18.2. The highest BCUT2D eigenvalue weighted by Crippen LogP contribution is 2.43. The van der Waals surface area contributed by atoms with E-state index in [2.05, 4.69) is 0 Å². The lowest BCUT2D eigenvalue weighted by molar-refractivity contribution is -0.236. The maximum absolute atomic E-state index is 14.6. The van der Waals surface area contributed by atoms with Crippen molar-refractivity contribution in [1.82, 2.24) is 9.55 Å². The molecule has 31 heavy (non-hydrogen) atoms. The number of hydrogen-bond donors (Lipinski definition) is 2. The number of ether oxygens (including phenoxy) is 1. The lowest BCUT2D eigenvalue weighted by Gasteiger charge is -2.37. The molecule has 6 rings (SSSR count). The Morgan fingerprint density at radius 1 is 1.26 bits per heavy atom.